The SMILES string of the molecule is CCC1CCCCCN1S(=O)(=O)c1ccc(C(N)=S)s1. The van der Waals surface area contributed by atoms with E-state index in [9.17, 15) is 8.42 Å². The van der Waals surface area contributed by atoms with Gasteiger partial charge in [-0.3, -0.25) is 0 Å². The summed E-state index contributed by atoms with van der Waals surface area (Å²) >= 11 is 6.07. The van der Waals surface area contributed by atoms with Gasteiger partial charge in [-0.2, -0.15) is 4.31 Å². The van der Waals surface area contributed by atoms with E-state index < -0.39 is 10.0 Å². The Balaban J connectivity index is 2.33. The van der Waals surface area contributed by atoms with Crippen LogP contribution < -0.4 is 5.73 Å². The molecule has 0 radical (unpaired) electrons. The predicted molar refractivity (Wildman–Crippen MR) is 86.6 cm³/mol. The van der Waals surface area contributed by atoms with Gasteiger partial charge in [-0.1, -0.05) is 32.0 Å². The van der Waals surface area contributed by atoms with Crippen LogP contribution in [0.15, 0.2) is 16.3 Å². The summed E-state index contributed by atoms with van der Waals surface area (Å²) in [6, 6.07) is 3.42. The van der Waals surface area contributed by atoms with Gasteiger partial charge >= 0.3 is 0 Å². The highest BCUT2D eigenvalue weighted by Gasteiger charge is 2.32. The standard InChI is InChI=1S/C13H20N2O2S3/c1-2-10-6-4-3-5-9-15(10)20(16,17)12-8-7-11(19-12)13(14)18/h7-8,10H,2-6,9H2,1H3,(H2,14,18). The molecule has 20 heavy (non-hydrogen) atoms. The van der Waals surface area contributed by atoms with E-state index >= 15 is 0 Å². The van der Waals surface area contributed by atoms with Crippen molar-refractivity contribution in [3.8, 4) is 0 Å². The lowest BCUT2D eigenvalue weighted by Gasteiger charge is -2.27. The molecule has 0 amide bonds. The van der Waals surface area contributed by atoms with E-state index in [1.807, 2.05) is 6.92 Å². The molecule has 1 aliphatic rings. The molecule has 1 atom stereocenters. The first kappa shape index (κ1) is 15.9. The van der Waals surface area contributed by atoms with Crippen molar-refractivity contribution < 1.29 is 8.42 Å². The fourth-order valence-corrected chi connectivity index (χ4v) is 5.83. The molecule has 0 saturated carbocycles. The van der Waals surface area contributed by atoms with E-state index in [1.54, 1.807) is 16.4 Å². The van der Waals surface area contributed by atoms with Crippen LogP contribution in [0.5, 0.6) is 0 Å². The van der Waals surface area contributed by atoms with Crippen molar-refractivity contribution in [2.45, 2.75) is 49.3 Å². The minimum absolute atomic E-state index is 0.109. The van der Waals surface area contributed by atoms with E-state index in [1.165, 1.54) is 11.3 Å². The van der Waals surface area contributed by atoms with Crippen LogP contribution in [0.25, 0.3) is 0 Å². The number of hydrogen-bond acceptors (Lipinski definition) is 4. The Labute approximate surface area is 130 Å². The van der Waals surface area contributed by atoms with Crippen molar-refractivity contribution >= 4 is 38.6 Å². The summed E-state index contributed by atoms with van der Waals surface area (Å²) in [6.45, 7) is 2.66. The predicted octanol–water partition coefficient (Wildman–Crippen LogP) is 2.73. The van der Waals surface area contributed by atoms with E-state index in [0.29, 0.717) is 15.6 Å². The largest absolute Gasteiger partial charge is 0.389 e. The zero-order valence-corrected chi connectivity index (χ0v) is 14.0. The van der Waals surface area contributed by atoms with E-state index in [-0.39, 0.29) is 11.0 Å². The third-order valence-electron chi connectivity index (χ3n) is 3.68. The van der Waals surface area contributed by atoms with Crippen LogP contribution in [0.4, 0.5) is 0 Å². The molecular weight excluding hydrogens is 312 g/mol. The summed E-state index contributed by atoms with van der Waals surface area (Å²) in [4.78, 5) is 0.904. The van der Waals surface area contributed by atoms with Gasteiger partial charge in [0.1, 0.15) is 9.20 Å². The summed E-state index contributed by atoms with van der Waals surface area (Å²) < 4.78 is 27.6. The lowest BCUT2D eigenvalue weighted by Crippen LogP contribution is -2.39. The number of sulfonamides is 1. The zero-order chi connectivity index (χ0) is 14.8. The Morgan fingerprint density at radius 2 is 2.20 bits per heavy atom. The first-order valence-corrected chi connectivity index (χ1v) is 9.54. The highest BCUT2D eigenvalue weighted by molar-refractivity contribution is 7.91. The van der Waals surface area contributed by atoms with Crippen LogP contribution in [0.2, 0.25) is 0 Å². The molecular formula is C13H20N2O2S3. The van der Waals surface area contributed by atoms with Crippen LogP contribution in [-0.4, -0.2) is 30.3 Å². The molecule has 1 aliphatic heterocycles. The zero-order valence-electron chi connectivity index (χ0n) is 11.5. The van der Waals surface area contributed by atoms with Gasteiger partial charge < -0.3 is 5.73 Å². The van der Waals surface area contributed by atoms with E-state index in [2.05, 4.69) is 0 Å². The fourth-order valence-electron chi connectivity index (χ4n) is 2.58. The molecule has 0 aromatic carbocycles. The second-order valence-corrected chi connectivity index (χ2v) is 8.65. The molecule has 0 bridgehead atoms. The van der Waals surface area contributed by atoms with Crippen molar-refractivity contribution in [1.82, 2.24) is 4.31 Å². The summed E-state index contributed by atoms with van der Waals surface area (Å²) in [5.74, 6) is 0. The summed E-state index contributed by atoms with van der Waals surface area (Å²) in [6.07, 6.45) is 4.94. The molecule has 2 N–H and O–H groups in total. The molecule has 2 heterocycles. The highest BCUT2D eigenvalue weighted by Crippen LogP contribution is 2.30. The number of nitrogens with two attached hydrogens (primary N) is 1. The molecule has 112 valence electrons. The number of thiocarbonyl (C=S) groups is 1. The molecule has 2 rings (SSSR count). The van der Waals surface area contributed by atoms with Gasteiger partial charge in [0.25, 0.3) is 10.0 Å². The maximum absolute atomic E-state index is 12.8. The maximum atomic E-state index is 12.8. The average Bonchev–Trinajstić information content (AvgIpc) is 2.78. The monoisotopic (exact) mass is 332 g/mol. The average molecular weight is 333 g/mol. The smallest absolute Gasteiger partial charge is 0.252 e. The maximum Gasteiger partial charge on any atom is 0.252 e. The Morgan fingerprint density at radius 3 is 2.80 bits per heavy atom. The summed E-state index contributed by atoms with van der Waals surface area (Å²) in [5.41, 5.74) is 5.56. The van der Waals surface area contributed by atoms with Crippen molar-refractivity contribution in [3.63, 3.8) is 0 Å². The molecule has 1 fully saturated rings. The number of nitrogens with zero attached hydrogens (tertiary/aromatic N) is 1. The number of hydrogen-bond donors (Lipinski definition) is 1. The lowest BCUT2D eigenvalue weighted by molar-refractivity contribution is 0.316. The van der Waals surface area contributed by atoms with Crippen LogP contribution in [0.1, 0.15) is 43.9 Å². The Bertz CT molecular complexity index is 580. The van der Waals surface area contributed by atoms with Gasteiger partial charge in [0.15, 0.2) is 0 Å². The Morgan fingerprint density at radius 1 is 1.45 bits per heavy atom. The molecule has 1 aromatic rings. The summed E-state index contributed by atoms with van der Waals surface area (Å²) in [7, 11) is -3.42. The van der Waals surface area contributed by atoms with Crippen molar-refractivity contribution in [1.29, 1.82) is 0 Å². The molecule has 0 aliphatic carbocycles. The first-order valence-electron chi connectivity index (χ1n) is 6.88. The van der Waals surface area contributed by atoms with Crippen LogP contribution in [0.3, 0.4) is 0 Å². The molecule has 1 aromatic heterocycles. The third-order valence-corrected chi connectivity index (χ3v) is 7.57. The van der Waals surface area contributed by atoms with Crippen LogP contribution >= 0.6 is 23.6 Å². The minimum Gasteiger partial charge on any atom is -0.389 e. The van der Waals surface area contributed by atoms with Gasteiger partial charge in [-0.05, 0) is 31.4 Å². The first-order chi connectivity index (χ1) is 9.46. The highest BCUT2D eigenvalue weighted by atomic mass is 32.2. The van der Waals surface area contributed by atoms with Crippen molar-refractivity contribution in [2.75, 3.05) is 6.54 Å². The van der Waals surface area contributed by atoms with Gasteiger partial charge in [0.05, 0.1) is 4.88 Å². The van der Waals surface area contributed by atoms with Crippen molar-refractivity contribution in [3.05, 3.63) is 17.0 Å². The third kappa shape index (κ3) is 3.21. The second-order valence-electron chi connectivity index (χ2n) is 5.01. The normalized spacial score (nSPS) is 21.6. The topological polar surface area (TPSA) is 63.4 Å². The van der Waals surface area contributed by atoms with Gasteiger partial charge in [0, 0.05) is 12.6 Å². The minimum atomic E-state index is -3.42. The molecule has 4 nitrogen and oxygen atoms in total. The quantitative estimate of drug-likeness (QED) is 0.861. The molecule has 1 saturated heterocycles. The molecule has 0 spiro atoms. The molecule has 1 unspecified atom stereocenters. The van der Waals surface area contributed by atoms with Gasteiger partial charge in [-0.25, -0.2) is 8.42 Å². The van der Waals surface area contributed by atoms with Crippen LogP contribution in [-0.2, 0) is 10.0 Å². The lowest BCUT2D eigenvalue weighted by atomic mass is 10.1. The van der Waals surface area contributed by atoms with Gasteiger partial charge in [0.2, 0.25) is 0 Å². The van der Waals surface area contributed by atoms with Gasteiger partial charge in [-0.15, -0.1) is 11.3 Å². The number of thiophene rings is 1. The Hall–Kier alpha value is -0.500. The van der Waals surface area contributed by atoms with E-state index in [4.69, 9.17) is 18.0 Å². The van der Waals surface area contributed by atoms with Crippen molar-refractivity contribution in [2.24, 2.45) is 5.73 Å². The summed E-state index contributed by atoms with van der Waals surface area (Å²) in [5, 5.41) is 0. The second kappa shape index (κ2) is 6.51. The Kier molecular flexibility index (Phi) is 5.17. The molecule has 7 heteroatoms. The van der Waals surface area contributed by atoms with E-state index in [0.717, 1.165) is 32.1 Å². The number of rotatable bonds is 4. The fraction of sp³-hybridized carbons (Fsp3) is 0.615. The van der Waals surface area contributed by atoms with Crippen LogP contribution in [0, 0.1) is 0 Å².